The Kier molecular flexibility index (Phi) is 4.12. The SMILES string of the molecule is NC(=O)C1CCN(c2nc3c(-c4ccc(F)cc4)nnn3c3ccccc23)CC1. The highest BCUT2D eigenvalue weighted by molar-refractivity contribution is 5.93. The molecule has 0 aliphatic carbocycles. The quantitative estimate of drug-likeness (QED) is 0.581. The first-order chi connectivity index (χ1) is 14.1. The van der Waals surface area contributed by atoms with E-state index in [1.165, 1.54) is 12.1 Å². The van der Waals surface area contributed by atoms with E-state index in [4.69, 9.17) is 10.7 Å². The molecule has 2 N–H and O–H groups in total. The summed E-state index contributed by atoms with van der Waals surface area (Å²) < 4.78 is 15.1. The monoisotopic (exact) mass is 390 g/mol. The fourth-order valence-electron chi connectivity index (χ4n) is 3.96. The molecule has 1 aliphatic rings. The summed E-state index contributed by atoms with van der Waals surface area (Å²) in [5.41, 5.74) is 8.34. The van der Waals surface area contributed by atoms with Crippen molar-refractivity contribution < 1.29 is 9.18 Å². The van der Waals surface area contributed by atoms with E-state index in [0.29, 0.717) is 37.3 Å². The maximum absolute atomic E-state index is 13.3. The minimum atomic E-state index is -0.304. The van der Waals surface area contributed by atoms with Crippen LogP contribution in [0.4, 0.5) is 10.2 Å². The molecule has 0 atom stereocenters. The first-order valence-electron chi connectivity index (χ1n) is 9.56. The van der Waals surface area contributed by atoms with Gasteiger partial charge in [-0.25, -0.2) is 9.37 Å². The minimum absolute atomic E-state index is 0.0901. The largest absolute Gasteiger partial charge is 0.369 e. The van der Waals surface area contributed by atoms with Gasteiger partial charge < -0.3 is 10.6 Å². The summed E-state index contributed by atoms with van der Waals surface area (Å²) in [6, 6.07) is 14.1. The van der Waals surface area contributed by atoms with E-state index < -0.39 is 0 Å². The Labute approximate surface area is 165 Å². The Bertz CT molecular complexity index is 1210. The molecule has 1 aliphatic heterocycles. The van der Waals surface area contributed by atoms with Crippen LogP contribution in [0.3, 0.4) is 0 Å². The van der Waals surface area contributed by atoms with Gasteiger partial charge in [-0.2, -0.15) is 4.52 Å². The zero-order valence-electron chi connectivity index (χ0n) is 15.6. The van der Waals surface area contributed by atoms with Gasteiger partial charge in [-0.3, -0.25) is 4.79 Å². The molecule has 0 bridgehead atoms. The zero-order chi connectivity index (χ0) is 20.0. The number of nitrogens with two attached hydrogens (primary N) is 1. The normalized spacial score (nSPS) is 15.3. The van der Waals surface area contributed by atoms with Crippen LogP contribution in [0.5, 0.6) is 0 Å². The van der Waals surface area contributed by atoms with Gasteiger partial charge in [0.15, 0.2) is 5.65 Å². The average Bonchev–Trinajstić information content (AvgIpc) is 3.18. The summed E-state index contributed by atoms with van der Waals surface area (Å²) in [6.45, 7) is 1.41. The molecular weight excluding hydrogens is 371 g/mol. The molecule has 1 saturated heterocycles. The fourth-order valence-corrected chi connectivity index (χ4v) is 3.96. The van der Waals surface area contributed by atoms with Crippen LogP contribution in [0, 0.1) is 11.7 Å². The van der Waals surface area contributed by atoms with Gasteiger partial charge in [-0.1, -0.05) is 17.3 Å². The second-order valence-electron chi connectivity index (χ2n) is 7.30. The summed E-state index contributed by atoms with van der Waals surface area (Å²) in [5.74, 6) is 0.201. The Morgan fingerprint density at radius 2 is 1.79 bits per heavy atom. The fraction of sp³-hybridized carbons (Fsp3) is 0.238. The Balaban J connectivity index is 1.66. The third-order valence-corrected chi connectivity index (χ3v) is 5.55. The number of aromatic nitrogens is 4. The molecule has 2 aromatic heterocycles. The first-order valence-corrected chi connectivity index (χ1v) is 9.56. The van der Waals surface area contributed by atoms with Gasteiger partial charge in [0.1, 0.15) is 17.3 Å². The van der Waals surface area contributed by atoms with E-state index in [0.717, 1.165) is 22.3 Å². The van der Waals surface area contributed by atoms with Crippen molar-refractivity contribution in [2.45, 2.75) is 12.8 Å². The standard InChI is InChI=1S/C21H19FN6O/c22-15-7-5-13(6-8-15)18-21-24-20(27-11-9-14(10-12-27)19(23)29)16-3-1-2-4-17(16)28(21)26-25-18/h1-8,14H,9-12H2,(H2,23,29). The number of hydrogen-bond donors (Lipinski definition) is 1. The van der Waals surface area contributed by atoms with Crippen molar-refractivity contribution >= 4 is 28.3 Å². The molecule has 146 valence electrons. The van der Waals surface area contributed by atoms with Crippen LogP contribution >= 0.6 is 0 Å². The molecule has 4 aromatic rings. The van der Waals surface area contributed by atoms with Gasteiger partial charge in [0.05, 0.1) is 5.52 Å². The van der Waals surface area contributed by atoms with Crippen molar-refractivity contribution in [2.24, 2.45) is 11.7 Å². The molecular formula is C21H19FN6O. The van der Waals surface area contributed by atoms with Crippen molar-refractivity contribution in [3.8, 4) is 11.3 Å². The molecule has 0 radical (unpaired) electrons. The van der Waals surface area contributed by atoms with E-state index in [1.54, 1.807) is 16.6 Å². The van der Waals surface area contributed by atoms with Gasteiger partial charge >= 0.3 is 0 Å². The van der Waals surface area contributed by atoms with Crippen molar-refractivity contribution in [3.05, 3.63) is 54.3 Å². The number of para-hydroxylation sites is 1. The Hall–Kier alpha value is -3.55. The highest BCUT2D eigenvalue weighted by atomic mass is 19.1. The number of anilines is 1. The van der Waals surface area contributed by atoms with Crippen molar-refractivity contribution in [1.29, 1.82) is 0 Å². The predicted octanol–water partition coefficient (Wildman–Crippen LogP) is 2.79. The van der Waals surface area contributed by atoms with Crippen molar-refractivity contribution in [2.75, 3.05) is 18.0 Å². The smallest absolute Gasteiger partial charge is 0.220 e. The van der Waals surface area contributed by atoms with Gasteiger partial charge in [-0.15, -0.1) is 5.10 Å². The molecule has 1 fully saturated rings. The average molecular weight is 390 g/mol. The topological polar surface area (TPSA) is 89.4 Å². The van der Waals surface area contributed by atoms with Gasteiger partial charge in [-0.05, 0) is 49.2 Å². The zero-order valence-corrected chi connectivity index (χ0v) is 15.6. The lowest BCUT2D eigenvalue weighted by Crippen LogP contribution is -2.39. The summed E-state index contributed by atoms with van der Waals surface area (Å²) >= 11 is 0. The maximum atomic E-state index is 13.3. The van der Waals surface area contributed by atoms with Crippen LogP contribution in [0.15, 0.2) is 48.5 Å². The molecule has 2 aromatic carbocycles. The van der Waals surface area contributed by atoms with E-state index in [-0.39, 0.29) is 17.6 Å². The summed E-state index contributed by atoms with van der Waals surface area (Å²) in [4.78, 5) is 18.6. The molecule has 0 saturated carbocycles. The number of piperidine rings is 1. The van der Waals surface area contributed by atoms with Gasteiger partial charge in [0.25, 0.3) is 0 Å². The first kappa shape index (κ1) is 17.5. The van der Waals surface area contributed by atoms with E-state index in [2.05, 4.69) is 15.2 Å². The third-order valence-electron chi connectivity index (χ3n) is 5.55. The highest BCUT2D eigenvalue weighted by Crippen LogP contribution is 2.32. The number of halogens is 1. The Morgan fingerprint density at radius 3 is 2.52 bits per heavy atom. The number of primary amides is 1. The van der Waals surface area contributed by atoms with Crippen LogP contribution in [0.2, 0.25) is 0 Å². The number of hydrogen-bond acceptors (Lipinski definition) is 5. The minimum Gasteiger partial charge on any atom is -0.369 e. The third kappa shape index (κ3) is 2.97. The number of benzene rings is 2. The van der Waals surface area contributed by atoms with Crippen LogP contribution in [0.25, 0.3) is 27.8 Å². The second kappa shape index (κ2) is 6.80. The number of nitrogens with zero attached hydrogens (tertiary/aromatic N) is 5. The highest BCUT2D eigenvalue weighted by Gasteiger charge is 2.26. The van der Waals surface area contributed by atoms with Crippen LogP contribution in [-0.2, 0) is 4.79 Å². The number of fused-ring (bicyclic) bond motifs is 3. The van der Waals surface area contributed by atoms with Crippen molar-refractivity contribution in [1.82, 2.24) is 19.8 Å². The van der Waals surface area contributed by atoms with Crippen LogP contribution in [0.1, 0.15) is 12.8 Å². The molecule has 0 unspecified atom stereocenters. The number of carbonyl (C=O) groups is 1. The van der Waals surface area contributed by atoms with Gasteiger partial charge in [0.2, 0.25) is 5.91 Å². The molecule has 5 rings (SSSR count). The molecule has 7 nitrogen and oxygen atoms in total. The lowest BCUT2D eigenvalue weighted by atomic mass is 9.96. The molecule has 1 amide bonds. The Morgan fingerprint density at radius 1 is 1.07 bits per heavy atom. The van der Waals surface area contributed by atoms with E-state index in [9.17, 15) is 9.18 Å². The van der Waals surface area contributed by atoms with E-state index in [1.807, 2.05) is 24.3 Å². The summed E-state index contributed by atoms with van der Waals surface area (Å²) in [6.07, 6.45) is 1.41. The lowest BCUT2D eigenvalue weighted by molar-refractivity contribution is -0.122. The molecule has 29 heavy (non-hydrogen) atoms. The summed E-state index contributed by atoms with van der Waals surface area (Å²) in [5, 5.41) is 9.58. The molecule has 0 spiro atoms. The number of carbonyl (C=O) groups excluding carboxylic acids is 1. The predicted molar refractivity (Wildman–Crippen MR) is 108 cm³/mol. The number of rotatable bonds is 3. The summed E-state index contributed by atoms with van der Waals surface area (Å²) in [7, 11) is 0. The second-order valence-corrected chi connectivity index (χ2v) is 7.30. The maximum Gasteiger partial charge on any atom is 0.220 e. The van der Waals surface area contributed by atoms with Crippen LogP contribution < -0.4 is 10.6 Å². The van der Waals surface area contributed by atoms with Crippen molar-refractivity contribution in [3.63, 3.8) is 0 Å². The number of amides is 1. The van der Waals surface area contributed by atoms with E-state index >= 15 is 0 Å². The lowest BCUT2D eigenvalue weighted by Gasteiger charge is -2.32. The molecule has 3 heterocycles. The van der Waals surface area contributed by atoms with Gasteiger partial charge in [0, 0.05) is 30.0 Å². The van der Waals surface area contributed by atoms with Crippen LogP contribution in [-0.4, -0.2) is 38.8 Å². The molecule has 8 heteroatoms.